The number of carbonyl (C=O) groups excluding carboxylic acids is 1. The van der Waals surface area contributed by atoms with Gasteiger partial charge in [0.2, 0.25) is 0 Å². The molecule has 10 heteroatoms. The molecule has 0 saturated heterocycles. The minimum atomic E-state index is -0.347. The van der Waals surface area contributed by atoms with E-state index >= 15 is 0 Å². The number of urea groups is 1. The number of aryl methyl sites for hydroxylation is 1. The largest absolute Gasteiger partial charge is 0.333 e. The number of hydrogen-bond donors (Lipinski definition) is 2. The first-order valence-electron chi connectivity index (χ1n) is 7.13. The zero-order valence-corrected chi connectivity index (χ0v) is 12.7. The molecule has 0 saturated carbocycles. The third-order valence-corrected chi connectivity index (χ3v) is 3.88. The highest BCUT2D eigenvalue weighted by Gasteiger charge is 2.21. The number of nitrogens with one attached hydrogen (secondary N) is 2. The quantitative estimate of drug-likeness (QED) is 0.732. The number of carbonyl (C=O) groups is 1. The summed E-state index contributed by atoms with van der Waals surface area (Å²) < 4.78 is 3.32. The van der Waals surface area contributed by atoms with E-state index < -0.39 is 0 Å². The SMILES string of the molecule is O=C(Nc1nc2ccc(Cl)cn2n1)NC1CCc2ncnn2C1. The molecular weight excluding hydrogens is 320 g/mol. The van der Waals surface area contributed by atoms with Crippen LogP contribution in [0.5, 0.6) is 0 Å². The first kappa shape index (κ1) is 13.9. The molecule has 4 heterocycles. The highest BCUT2D eigenvalue weighted by molar-refractivity contribution is 6.30. The van der Waals surface area contributed by atoms with Gasteiger partial charge in [0.25, 0.3) is 5.95 Å². The Labute approximate surface area is 135 Å². The van der Waals surface area contributed by atoms with Crippen LogP contribution in [-0.4, -0.2) is 41.4 Å². The molecule has 0 bridgehead atoms. The fourth-order valence-corrected chi connectivity index (χ4v) is 2.74. The van der Waals surface area contributed by atoms with E-state index in [9.17, 15) is 4.79 Å². The lowest BCUT2D eigenvalue weighted by Crippen LogP contribution is -2.43. The van der Waals surface area contributed by atoms with Crippen molar-refractivity contribution < 1.29 is 4.79 Å². The van der Waals surface area contributed by atoms with Crippen molar-refractivity contribution >= 4 is 29.2 Å². The van der Waals surface area contributed by atoms with Gasteiger partial charge in [-0.05, 0) is 18.6 Å². The van der Waals surface area contributed by atoms with Crippen molar-refractivity contribution in [3.8, 4) is 0 Å². The Morgan fingerprint density at radius 2 is 2.30 bits per heavy atom. The molecule has 0 aliphatic carbocycles. The maximum Gasteiger partial charge on any atom is 0.321 e. The van der Waals surface area contributed by atoms with E-state index in [4.69, 9.17) is 11.6 Å². The second-order valence-electron chi connectivity index (χ2n) is 5.28. The van der Waals surface area contributed by atoms with Crippen molar-refractivity contribution in [1.82, 2.24) is 34.7 Å². The van der Waals surface area contributed by atoms with Gasteiger partial charge in [-0.2, -0.15) is 10.1 Å². The van der Waals surface area contributed by atoms with E-state index in [1.54, 1.807) is 23.0 Å². The number of nitrogens with zero attached hydrogens (tertiary/aromatic N) is 6. The third kappa shape index (κ3) is 2.82. The van der Waals surface area contributed by atoms with E-state index in [1.165, 1.54) is 10.8 Å². The van der Waals surface area contributed by atoms with Crippen molar-refractivity contribution in [2.24, 2.45) is 0 Å². The summed E-state index contributed by atoms with van der Waals surface area (Å²) in [6.45, 7) is 0.608. The van der Waals surface area contributed by atoms with Gasteiger partial charge in [0.1, 0.15) is 12.2 Å². The topological polar surface area (TPSA) is 102 Å². The Kier molecular flexibility index (Phi) is 3.34. The maximum absolute atomic E-state index is 12.1. The molecule has 4 rings (SSSR count). The lowest BCUT2D eigenvalue weighted by molar-refractivity contribution is 0.243. The fraction of sp³-hybridized carbons (Fsp3) is 0.308. The van der Waals surface area contributed by atoms with Crippen LogP contribution in [-0.2, 0) is 13.0 Å². The van der Waals surface area contributed by atoms with Gasteiger partial charge >= 0.3 is 6.03 Å². The summed E-state index contributed by atoms with van der Waals surface area (Å²) >= 11 is 5.89. The molecule has 1 atom stereocenters. The van der Waals surface area contributed by atoms with Crippen molar-refractivity contribution in [1.29, 1.82) is 0 Å². The number of fused-ring (bicyclic) bond motifs is 2. The smallest absolute Gasteiger partial charge is 0.321 e. The molecule has 3 aromatic rings. The predicted octanol–water partition coefficient (Wildman–Crippen LogP) is 1.11. The van der Waals surface area contributed by atoms with E-state index in [0.717, 1.165) is 18.7 Å². The fourth-order valence-electron chi connectivity index (χ4n) is 2.59. The Bertz CT molecular complexity index is 872. The molecule has 0 radical (unpaired) electrons. The summed E-state index contributed by atoms with van der Waals surface area (Å²) in [5.41, 5.74) is 0.606. The molecule has 2 amide bonds. The molecule has 1 aliphatic rings. The molecule has 0 fully saturated rings. The number of hydrogen-bond acceptors (Lipinski definition) is 5. The maximum atomic E-state index is 12.1. The minimum absolute atomic E-state index is 0.00400. The molecule has 118 valence electrons. The zero-order valence-electron chi connectivity index (χ0n) is 12.0. The van der Waals surface area contributed by atoms with Crippen LogP contribution < -0.4 is 10.6 Å². The number of rotatable bonds is 2. The second kappa shape index (κ2) is 5.51. The van der Waals surface area contributed by atoms with Crippen molar-refractivity contribution in [2.45, 2.75) is 25.4 Å². The van der Waals surface area contributed by atoms with Crippen molar-refractivity contribution in [3.05, 3.63) is 35.5 Å². The summed E-state index contributed by atoms with van der Waals surface area (Å²) in [5, 5.41) is 14.4. The molecule has 3 aromatic heterocycles. The van der Waals surface area contributed by atoms with Gasteiger partial charge in [-0.1, -0.05) is 11.6 Å². The molecule has 1 aliphatic heterocycles. The van der Waals surface area contributed by atoms with Gasteiger partial charge in [-0.25, -0.2) is 19.0 Å². The van der Waals surface area contributed by atoms with Crippen LogP contribution in [0.4, 0.5) is 10.7 Å². The van der Waals surface area contributed by atoms with E-state index in [2.05, 4.69) is 30.8 Å². The second-order valence-corrected chi connectivity index (χ2v) is 5.71. The summed E-state index contributed by atoms with van der Waals surface area (Å²) in [5.74, 6) is 1.17. The Hall–Kier alpha value is -2.68. The average molecular weight is 333 g/mol. The molecule has 2 N–H and O–H groups in total. The van der Waals surface area contributed by atoms with E-state index in [1.807, 2.05) is 0 Å². The number of pyridine rings is 1. The normalized spacial score (nSPS) is 17.0. The van der Waals surface area contributed by atoms with E-state index in [0.29, 0.717) is 17.2 Å². The van der Waals surface area contributed by atoms with Crippen LogP contribution >= 0.6 is 11.6 Å². The molecule has 9 nitrogen and oxygen atoms in total. The number of anilines is 1. The van der Waals surface area contributed by atoms with Gasteiger partial charge < -0.3 is 5.32 Å². The molecule has 0 aromatic carbocycles. The number of amides is 2. The van der Waals surface area contributed by atoms with E-state index in [-0.39, 0.29) is 18.0 Å². The van der Waals surface area contributed by atoms with Crippen LogP contribution in [0.3, 0.4) is 0 Å². The van der Waals surface area contributed by atoms with Gasteiger partial charge in [0.05, 0.1) is 17.6 Å². The van der Waals surface area contributed by atoms with Crippen molar-refractivity contribution in [2.75, 3.05) is 5.32 Å². The zero-order chi connectivity index (χ0) is 15.8. The highest BCUT2D eigenvalue weighted by atomic mass is 35.5. The Morgan fingerprint density at radius 1 is 1.39 bits per heavy atom. The van der Waals surface area contributed by atoms with Crippen LogP contribution in [0.15, 0.2) is 24.7 Å². The van der Waals surface area contributed by atoms with Gasteiger partial charge in [0.15, 0.2) is 5.65 Å². The summed E-state index contributed by atoms with van der Waals surface area (Å²) in [4.78, 5) is 20.5. The van der Waals surface area contributed by atoms with Gasteiger partial charge in [-0.3, -0.25) is 5.32 Å². The summed E-state index contributed by atoms with van der Waals surface area (Å²) in [6, 6.07) is 3.09. The summed E-state index contributed by atoms with van der Waals surface area (Å²) in [7, 11) is 0. The number of aromatic nitrogens is 6. The van der Waals surface area contributed by atoms with Crippen LogP contribution in [0, 0.1) is 0 Å². The molecule has 23 heavy (non-hydrogen) atoms. The number of halogens is 1. The first-order valence-corrected chi connectivity index (χ1v) is 7.51. The summed E-state index contributed by atoms with van der Waals surface area (Å²) in [6.07, 6.45) is 4.76. The Morgan fingerprint density at radius 3 is 3.22 bits per heavy atom. The molecule has 0 spiro atoms. The van der Waals surface area contributed by atoms with Crippen LogP contribution in [0.1, 0.15) is 12.2 Å². The Balaban J connectivity index is 1.41. The molecular formula is C13H13ClN8O. The van der Waals surface area contributed by atoms with Gasteiger partial charge in [0, 0.05) is 12.6 Å². The average Bonchev–Trinajstić information content (AvgIpc) is 3.11. The lowest BCUT2D eigenvalue weighted by atomic mass is 10.1. The predicted molar refractivity (Wildman–Crippen MR) is 82.3 cm³/mol. The van der Waals surface area contributed by atoms with Gasteiger partial charge in [-0.15, -0.1) is 5.10 Å². The van der Waals surface area contributed by atoms with Crippen LogP contribution in [0.2, 0.25) is 5.02 Å². The highest BCUT2D eigenvalue weighted by Crippen LogP contribution is 2.13. The monoisotopic (exact) mass is 332 g/mol. The molecule has 1 unspecified atom stereocenters. The third-order valence-electron chi connectivity index (χ3n) is 3.66. The van der Waals surface area contributed by atoms with Crippen molar-refractivity contribution in [3.63, 3.8) is 0 Å². The standard InChI is InChI=1S/C13H13ClN8O/c14-8-1-3-11-18-12(20-22(11)5-8)19-13(23)17-9-2-4-10-15-7-16-21(10)6-9/h1,3,5,7,9H,2,4,6H2,(H2,17,19,20,23). The first-order chi connectivity index (χ1) is 11.2. The minimum Gasteiger partial charge on any atom is -0.333 e. The lowest BCUT2D eigenvalue weighted by Gasteiger charge is -2.23. The van der Waals surface area contributed by atoms with Crippen LogP contribution in [0.25, 0.3) is 5.65 Å².